The second-order valence-electron chi connectivity index (χ2n) is 4.95. The van der Waals surface area contributed by atoms with Crippen LogP contribution in [0.2, 0.25) is 0 Å². The molecule has 0 bridgehead atoms. The number of carbonyl (C=O) groups is 1. The number of carbonyl (C=O) groups excluding carboxylic acids is 1. The summed E-state index contributed by atoms with van der Waals surface area (Å²) in [7, 11) is 0. The zero-order valence-corrected chi connectivity index (χ0v) is 11.0. The maximum absolute atomic E-state index is 12.0. The minimum atomic E-state index is -0.252. The van der Waals surface area contributed by atoms with Crippen molar-refractivity contribution >= 4 is 17.4 Å². The Balaban J connectivity index is 1.59. The van der Waals surface area contributed by atoms with Crippen LogP contribution in [-0.4, -0.2) is 22.6 Å². The van der Waals surface area contributed by atoms with Gasteiger partial charge in [-0.1, -0.05) is 18.2 Å². The molecule has 0 aliphatic heterocycles. The average Bonchev–Trinajstić information content (AvgIpc) is 3.31. The highest BCUT2D eigenvalue weighted by molar-refractivity contribution is 6.02. The van der Waals surface area contributed by atoms with E-state index in [9.17, 15) is 4.79 Å². The Morgan fingerprint density at radius 3 is 2.55 bits per heavy atom. The zero-order valence-electron chi connectivity index (χ0n) is 11.0. The molecule has 102 valence electrons. The molecule has 1 aliphatic carbocycles. The molecule has 0 spiro atoms. The molecule has 1 saturated carbocycles. The van der Waals surface area contributed by atoms with Crippen LogP contribution < -0.4 is 10.6 Å². The fourth-order valence-electron chi connectivity index (χ4n) is 1.84. The van der Waals surface area contributed by atoms with Crippen LogP contribution in [0.5, 0.6) is 0 Å². The summed E-state index contributed by atoms with van der Waals surface area (Å²) in [6.07, 6.45) is 2.58. The van der Waals surface area contributed by atoms with Gasteiger partial charge < -0.3 is 10.6 Å². The number of nitrogens with one attached hydrogen (secondary N) is 2. The van der Waals surface area contributed by atoms with E-state index in [0.717, 1.165) is 18.2 Å². The second kappa shape index (κ2) is 5.69. The van der Waals surface area contributed by atoms with Gasteiger partial charge in [-0.05, 0) is 43.0 Å². The van der Waals surface area contributed by atoms with Gasteiger partial charge in [-0.25, -0.2) is 0 Å². The second-order valence-corrected chi connectivity index (χ2v) is 4.95. The highest BCUT2D eigenvalue weighted by atomic mass is 16.1. The van der Waals surface area contributed by atoms with E-state index >= 15 is 0 Å². The summed E-state index contributed by atoms with van der Waals surface area (Å²) < 4.78 is 0. The van der Waals surface area contributed by atoms with Crippen molar-refractivity contribution in [2.24, 2.45) is 5.92 Å². The van der Waals surface area contributed by atoms with Gasteiger partial charge in [0.05, 0.1) is 0 Å². The van der Waals surface area contributed by atoms with Gasteiger partial charge in [0.25, 0.3) is 5.91 Å². The molecular formula is C15H16N4O. The van der Waals surface area contributed by atoms with Crippen LogP contribution in [0.3, 0.4) is 0 Å². The Bertz CT molecular complexity index is 579. The van der Waals surface area contributed by atoms with Gasteiger partial charge in [-0.2, -0.15) is 0 Å². The third-order valence-electron chi connectivity index (χ3n) is 3.20. The predicted octanol–water partition coefficient (Wildman–Crippen LogP) is 2.55. The summed E-state index contributed by atoms with van der Waals surface area (Å²) >= 11 is 0. The lowest BCUT2D eigenvalue weighted by Gasteiger charge is -2.05. The topological polar surface area (TPSA) is 66.9 Å². The molecule has 20 heavy (non-hydrogen) atoms. The summed E-state index contributed by atoms with van der Waals surface area (Å²) in [5.41, 5.74) is 1.06. The largest absolute Gasteiger partial charge is 0.368 e. The minimum absolute atomic E-state index is 0.252. The Kier molecular flexibility index (Phi) is 3.58. The van der Waals surface area contributed by atoms with Crippen LogP contribution >= 0.6 is 0 Å². The summed E-state index contributed by atoms with van der Waals surface area (Å²) in [5.74, 6) is 1.24. The van der Waals surface area contributed by atoms with Gasteiger partial charge >= 0.3 is 0 Å². The number of anilines is 2. The van der Waals surface area contributed by atoms with Gasteiger partial charge in [-0.15, -0.1) is 10.2 Å². The number of nitrogens with zero attached hydrogens (tertiary/aromatic N) is 2. The number of hydrogen-bond acceptors (Lipinski definition) is 4. The first-order valence-corrected chi connectivity index (χ1v) is 6.75. The number of hydrogen-bond donors (Lipinski definition) is 2. The maximum Gasteiger partial charge on any atom is 0.276 e. The predicted molar refractivity (Wildman–Crippen MR) is 77.6 cm³/mol. The molecule has 1 aromatic carbocycles. The molecule has 1 aromatic heterocycles. The molecule has 1 aliphatic rings. The van der Waals surface area contributed by atoms with Crippen LogP contribution in [-0.2, 0) is 0 Å². The number of benzene rings is 1. The Morgan fingerprint density at radius 2 is 1.90 bits per heavy atom. The molecule has 5 heteroatoms. The van der Waals surface area contributed by atoms with Gasteiger partial charge in [0.2, 0.25) is 0 Å². The summed E-state index contributed by atoms with van der Waals surface area (Å²) in [4.78, 5) is 12.0. The standard InChI is InChI=1S/C15H16N4O/c20-15(17-12-4-2-1-3-5-12)13-8-9-14(19-18-13)16-10-11-6-7-11/h1-5,8-9,11H,6-7,10H2,(H,16,19)(H,17,20). The molecular weight excluding hydrogens is 252 g/mol. The average molecular weight is 268 g/mol. The SMILES string of the molecule is O=C(Nc1ccccc1)c1ccc(NCC2CC2)nn1. The quantitative estimate of drug-likeness (QED) is 0.874. The van der Waals surface area contributed by atoms with E-state index in [-0.39, 0.29) is 5.91 Å². The van der Waals surface area contributed by atoms with Crippen molar-refractivity contribution in [1.29, 1.82) is 0 Å². The normalized spacial score (nSPS) is 13.8. The van der Waals surface area contributed by atoms with Crippen LogP contribution in [0.4, 0.5) is 11.5 Å². The summed E-state index contributed by atoms with van der Waals surface area (Å²) in [6.45, 7) is 0.935. The Hall–Kier alpha value is -2.43. The molecule has 1 fully saturated rings. The highest BCUT2D eigenvalue weighted by Crippen LogP contribution is 2.28. The number of amides is 1. The molecule has 0 atom stereocenters. The molecule has 0 radical (unpaired) electrons. The van der Waals surface area contributed by atoms with Gasteiger partial charge in [-0.3, -0.25) is 4.79 Å². The number of rotatable bonds is 5. The number of aromatic nitrogens is 2. The Morgan fingerprint density at radius 1 is 1.10 bits per heavy atom. The van der Waals surface area contributed by atoms with Crippen LogP contribution in [0.1, 0.15) is 23.3 Å². The molecule has 2 N–H and O–H groups in total. The molecule has 1 heterocycles. The minimum Gasteiger partial charge on any atom is -0.368 e. The molecule has 2 aromatic rings. The van der Waals surface area contributed by atoms with E-state index in [1.54, 1.807) is 12.1 Å². The van der Waals surface area contributed by atoms with Crippen molar-refractivity contribution in [2.45, 2.75) is 12.8 Å². The zero-order chi connectivity index (χ0) is 13.8. The fourth-order valence-corrected chi connectivity index (χ4v) is 1.84. The summed E-state index contributed by atoms with van der Waals surface area (Å²) in [6, 6.07) is 12.8. The lowest BCUT2D eigenvalue weighted by Crippen LogP contribution is -2.15. The monoisotopic (exact) mass is 268 g/mol. The van der Waals surface area contributed by atoms with E-state index in [1.807, 2.05) is 30.3 Å². The fraction of sp³-hybridized carbons (Fsp3) is 0.267. The summed E-state index contributed by atoms with van der Waals surface area (Å²) in [5, 5.41) is 14.0. The van der Waals surface area contributed by atoms with E-state index in [2.05, 4.69) is 20.8 Å². The molecule has 1 amide bonds. The molecule has 5 nitrogen and oxygen atoms in total. The van der Waals surface area contributed by atoms with Crippen molar-refractivity contribution in [3.63, 3.8) is 0 Å². The first-order valence-electron chi connectivity index (χ1n) is 6.75. The van der Waals surface area contributed by atoms with Crippen molar-refractivity contribution in [2.75, 3.05) is 17.2 Å². The first-order chi connectivity index (χ1) is 9.81. The lowest BCUT2D eigenvalue weighted by molar-refractivity contribution is 0.102. The van der Waals surface area contributed by atoms with Crippen molar-refractivity contribution in [1.82, 2.24) is 10.2 Å². The molecule has 3 rings (SSSR count). The third-order valence-corrected chi connectivity index (χ3v) is 3.20. The van der Waals surface area contributed by atoms with E-state index in [0.29, 0.717) is 11.5 Å². The third kappa shape index (κ3) is 3.32. The van der Waals surface area contributed by atoms with Gasteiger partial charge in [0, 0.05) is 12.2 Å². The van der Waals surface area contributed by atoms with Crippen LogP contribution in [0, 0.1) is 5.92 Å². The lowest BCUT2D eigenvalue weighted by atomic mass is 10.3. The molecule has 0 saturated heterocycles. The van der Waals surface area contributed by atoms with Gasteiger partial charge in [0.15, 0.2) is 5.69 Å². The first kappa shape index (κ1) is 12.6. The number of para-hydroxylation sites is 1. The van der Waals surface area contributed by atoms with Gasteiger partial charge in [0.1, 0.15) is 5.82 Å². The van der Waals surface area contributed by atoms with Crippen molar-refractivity contribution in [3.05, 3.63) is 48.2 Å². The van der Waals surface area contributed by atoms with E-state index < -0.39 is 0 Å². The van der Waals surface area contributed by atoms with E-state index in [1.165, 1.54) is 12.8 Å². The van der Waals surface area contributed by atoms with Crippen molar-refractivity contribution < 1.29 is 4.79 Å². The highest BCUT2D eigenvalue weighted by Gasteiger charge is 2.20. The Labute approximate surface area is 117 Å². The van der Waals surface area contributed by atoms with Crippen LogP contribution in [0.25, 0.3) is 0 Å². The smallest absolute Gasteiger partial charge is 0.276 e. The molecule has 0 unspecified atom stereocenters. The van der Waals surface area contributed by atoms with E-state index in [4.69, 9.17) is 0 Å². The van der Waals surface area contributed by atoms with Crippen molar-refractivity contribution in [3.8, 4) is 0 Å². The van der Waals surface area contributed by atoms with Crippen LogP contribution in [0.15, 0.2) is 42.5 Å². The maximum atomic E-state index is 12.0.